The number of aliphatic hydroxyl groups excluding tert-OH is 8. The van der Waals surface area contributed by atoms with Crippen LogP contribution < -0.4 is 0 Å². The van der Waals surface area contributed by atoms with Crippen LogP contribution in [0.4, 0.5) is 0 Å². The summed E-state index contributed by atoms with van der Waals surface area (Å²) in [6, 6.07) is 0. The highest BCUT2D eigenvalue weighted by atomic mass is 16.3. The normalized spacial score (nSPS) is 15.7. The van der Waals surface area contributed by atoms with Crippen LogP contribution in [0.5, 0.6) is 0 Å². The molecule has 0 saturated carbocycles. The van der Waals surface area contributed by atoms with Gasteiger partial charge in [0.15, 0.2) is 0 Å². The first-order chi connectivity index (χ1) is 16.4. The van der Waals surface area contributed by atoms with Crippen LogP contribution in [-0.4, -0.2) is 141 Å². The lowest BCUT2D eigenvalue weighted by molar-refractivity contribution is 0.0226. The van der Waals surface area contributed by atoms with Gasteiger partial charge in [0, 0.05) is 26.2 Å². The third-order valence-electron chi connectivity index (χ3n) is 5.92. The van der Waals surface area contributed by atoms with Crippen LogP contribution in [0.25, 0.3) is 0 Å². The number of hydrogen-bond donors (Lipinski definition) is 8. The molecule has 0 aliphatic carbocycles. The van der Waals surface area contributed by atoms with E-state index in [0.717, 1.165) is 51.6 Å². The van der Waals surface area contributed by atoms with Crippen molar-refractivity contribution in [1.82, 2.24) is 9.80 Å². The lowest BCUT2D eigenvalue weighted by Crippen LogP contribution is -2.40. The predicted molar refractivity (Wildman–Crippen MR) is 131 cm³/mol. The molecule has 0 heterocycles. The molecule has 0 amide bonds. The molecule has 0 rings (SSSR count). The summed E-state index contributed by atoms with van der Waals surface area (Å²) in [6.45, 7) is 1.32. The minimum Gasteiger partial charge on any atom is -0.394 e. The van der Waals surface area contributed by atoms with Crippen molar-refractivity contribution in [2.24, 2.45) is 0 Å². The van der Waals surface area contributed by atoms with Crippen LogP contribution in [0.15, 0.2) is 0 Å². The van der Waals surface area contributed by atoms with Crippen LogP contribution in [0.1, 0.15) is 64.2 Å². The molecule has 0 aliphatic rings. The maximum atomic E-state index is 9.63. The molecule has 0 aromatic heterocycles. The standard InChI is InChI=1S/C24H52N2O8/c27-17-21(31)13-25(14-22(32)18-28)11-9-7-5-3-1-2-4-6-8-10-12-26(15-23(33)19-29)16-24(34)20-30/h21-24,27-34H,1-20H2. The number of rotatable bonds is 25. The molecule has 8 N–H and O–H groups in total. The van der Waals surface area contributed by atoms with E-state index in [0.29, 0.717) is 0 Å². The van der Waals surface area contributed by atoms with E-state index in [-0.39, 0.29) is 52.6 Å². The molecule has 0 radical (unpaired) electrons. The summed E-state index contributed by atoms with van der Waals surface area (Å²) in [5, 5.41) is 74.6. The highest BCUT2D eigenvalue weighted by Crippen LogP contribution is 2.12. The molecule has 34 heavy (non-hydrogen) atoms. The molecule has 0 aliphatic heterocycles. The molecule has 10 nitrogen and oxygen atoms in total. The molecule has 0 saturated heterocycles. The molecule has 4 unspecified atom stereocenters. The second-order valence-electron chi connectivity index (χ2n) is 9.40. The average molecular weight is 497 g/mol. The zero-order valence-corrected chi connectivity index (χ0v) is 20.9. The Bertz CT molecular complexity index is 374. The Labute approximate surface area is 205 Å². The fraction of sp³-hybridized carbons (Fsp3) is 1.00. The van der Waals surface area contributed by atoms with Crippen LogP contribution in [-0.2, 0) is 0 Å². The van der Waals surface area contributed by atoms with Gasteiger partial charge in [-0.1, -0.05) is 51.4 Å². The predicted octanol–water partition coefficient (Wildman–Crippen LogP) is -1.10. The molecular formula is C24H52N2O8. The monoisotopic (exact) mass is 496 g/mol. The van der Waals surface area contributed by atoms with Crippen molar-refractivity contribution in [3.05, 3.63) is 0 Å². The first-order valence-corrected chi connectivity index (χ1v) is 13.0. The van der Waals surface area contributed by atoms with Gasteiger partial charge in [-0.25, -0.2) is 0 Å². The van der Waals surface area contributed by atoms with Gasteiger partial charge in [0.25, 0.3) is 0 Å². The van der Waals surface area contributed by atoms with Gasteiger partial charge < -0.3 is 40.9 Å². The van der Waals surface area contributed by atoms with Crippen LogP contribution in [0, 0.1) is 0 Å². The zero-order chi connectivity index (χ0) is 25.6. The number of hydrogen-bond acceptors (Lipinski definition) is 10. The molecule has 0 fully saturated rings. The third kappa shape index (κ3) is 19.9. The summed E-state index contributed by atoms with van der Waals surface area (Å²) in [5.41, 5.74) is 0. The van der Waals surface area contributed by atoms with Crippen molar-refractivity contribution in [2.75, 3.05) is 65.7 Å². The maximum Gasteiger partial charge on any atom is 0.0897 e. The van der Waals surface area contributed by atoms with Crippen molar-refractivity contribution < 1.29 is 40.9 Å². The molecule has 10 heteroatoms. The van der Waals surface area contributed by atoms with E-state index in [2.05, 4.69) is 0 Å². The van der Waals surface area contributed by atoms with Gasteiger partial charge in [0.2, 0.25) is 0 Å². The van der Waals surface area contributed by atoms with E-state index in [1.165, 1.54) is 25.7 Å². The summed E-state index contributed by atoms with van der Waals surface area (Å²) in [4.78, 5) is 3.77. The van der Waals surface area contributed by atoms with Gasteiger partial charge in [0.1, 0.15) is 0 Å². The number of unbranched alkanes of at least 4 members (excludes halogenated alkanes) is 9. The van der Waals surface area contributed by atoms with Crippen LogP contribution >= 0.6 is 0 Å². The van der Waals surface area contributed by atoms with Gasteiger partial charge >= 0.3 is 0 Å². The molecule has 206 valence electrons. The van der Waals surface area contributed by atoms with Crippen molar-refractivity contribution >= 4 is 0 Å². The SMILES string of the molecule is OCC(O)CN(CCCCCCCCCCCCN(CC(O)CO)CC(O)CO)CC(O)CO. The van der Waals surface area contributed by atoms with E-state index in [1.807, 2.05) is 9.80 Å². The Morgan fingerprint density at radius 2 is 0.559 bits per heavy atom. The van der Waals surface area contributed by atoms with Crippen molar-refractivity contribution in [1.29, 1.82) is 0 Å². The topological polar surface area (TPSA) is 168 Å². The van der Waals surface area contributed by atoms with Crippen molar-refractivity contribution in [3.63, 3.8) is 0 Å². The van der Waals surface area contributed by atoms with Crippen molar-refractivity contribution in [2.45, 2.75) is 88.6 Å². The molecule has 0 aromatic carbocycles. The maximum absolute atomic E-state index is 9.63. The lowest BCUT2D eigenvalue weighted by atomic mass is 10.1. The van der Waals surface area contributed by atoms with E-state index < -0.39 is 24.4 Å². The lowest BCUT2D eigenvalue weighted by Gasteiger charge is -2.26. The summed E-state index contributed by atoms with van der Waals surface area (Å²) < 4.78 is 0. The first-order valence-electron chi connectivity index (χ1n) is 13.0. The van der Waals surface area contributed by atoms with Gasteiger partial charge in [-0.05, 0) is 25.9 Å². The van der Waals surface area contributed by atoms with E-state index in [4.69, 9.17) is 20.4 Å². The second-order valence-corrected chi connectivity index (χ2v) is 9.40. The average Bonchev–Trinajstić information content (AvgIpc) is 2.83. The van der Waals surface area contributed by atoms with Gasteiger partial charge in [-0.3, -0.25) is 9.80 Å². The molecule has 0 spiro atoms. The summed E-state index contributed by atoms with van der Waals surface area (Å²) in [5.74, 6) is 0. The van der Waals surface area contributed by atoms with Gasteiger partial charge in [-0.2, -0.15) is 0 Å². The Morgan fingerprint density at radius 1 is 0.353 bits per heavy atom. The first kappa shape index (κ1) is 33.6. The molecule has 4 atom stereocenters. The number of aliphatic hydroxyl groups is 8. The van der Waals surface area contributed by atoms with E-state index in [1.54, 1.807) is 0 Å². The van der Waals surface area contributed by atoms with Gasteiger partial charge in [0.05, 0.1) is 50.8 Å². The Balaban J connectivity index is 3.78. The fourth-order valence-electron chi connectivity index (χ4n) is 4.02. The minimum absolute atomic E-state index is 0.287. The zero-order valence-electron chi connectivity index (χ0n) is 20.9. The number of nitrogens with zero attached hydrogens (tertiary/aromatic N) is 2. The molecular weight excluding hydrogens is 444 g/mol. The van der Waals surface area contributed by atoms with E-state index >= 15 is 0 Å². The quantitative estimate of drug-likeness (QED) is 0.0727. The summed E-state index contributed by atoms with van der Waals surface area (Å²) in [6.07, 6.45) is 7.65. The Hall–Kier alpha value is -0.400. The van der Waals surface area contributed by atoms with Crippen LogP contribution in [0.2, 0.25) is 0 Å². The van der Waals surface area contributed by atoms with E-state index in [9.17, 15) is 20.4 Å². The third-order valence-corrected chi connectivity index (χ3v) is 5.92. The van der Waals surface area contributed by atoms with Gasteiger partial charge in [-0.15, -0.1) is 0 Å². The summed E-state index contributed by atoms with van der Waals surface area (Å²) >= 11 is 0. The molecule has 0 aromatic rings. The Morgan fingerprint density at radius 3 is 0.765 bits per heavy atom. The highest BCUT2D eigenvalue weighted by Gasteiger charge is 2.15. The smallest absolute Gasteiger partial charge is 0.0897 e. The highest BCUT2D eigenvalue weighted by molar-refractivity contribution is 4.69. The summed E-state index contributed by atoms with van der Waals surface area (Å²) in [7, 11) is 0. The minimum atomic E-state index is -0.840. The Kier molecular flexibility index (Phi) is 22.8. The van der Waals surface area contributed by atoms with Crippen molar-refractivity contribution in [3.8, 4) is 0 Å². The fourth-order valence-corrected chi connectivity index (χ4v) is 4.02. The second kappa shape index (κ2) is 23.0. The van der Waals surface area contributed by atoms with Crippen LogP contribution in [0.3, 0.4) is 0 Å². The molecule has 0 bridgehead atoms. The largest absolute Gasteiger partial charge is 0.394 e.